The minimum atomic E-state index is 0.0196. The van der Waals surface area contributed by atoms with E-state index in [0.29, 0.717) is 13.1 Å². The SMILES string of the molecule is CNCc1ccc2c(c1)N(CCCCN)C(=O)CO2. The summed E-state index contributed by atoms with van der Waals surface area (Å²) in [6, 6.07) is 5.97. The Morgan fingerprint density at radius 3 is 3.00 bits per heavy atom. The number of carbonyl (C=O) groups is 1. The van der Waals surface area contributed by atoms with Crippen molar-refractivity contribution >= 4 is 11.6 Å². The highest BCUT2D eigenvalue weighted by atomic mass is 16.5. The number of unbranched alkanes of at least 4 members (excludes halogenated alkanes) is 1. The summed E-state index contributed by atoms with van der Waals surface area (Å²) in [5.41, 5.74) is 7.52. The Labute approximate surface area is 113 Å². The van der Waals surface area contributed by atoms with Gasteiger partial charge < -0.3 is 20.7 Å². The zero-order valence-electron chi connectivity index (χ0n) is 11.3. The zero-order valence-corrected chi connectivity index (χ0v) is 11.3. The minimum Gasteiger partial charge on any atom is -0.482 e. The molecule has 104 valence electrons. The Morgan fingerprint density at radius 1 is 1.42 bits per heavy atom. The van der Waals surface area contributed by atoms with Crippen molar-refractivity contribution in [3.63, 3.8) is 0 Å². The molecule has 1 aromatic rings. The lowest BCUT2D eigenvalue weighted by Gasteiger charge is -2.29. The fraction of sp³-hybridized carbons (Fsp3) is 0.500. The molecule has 1 aliphatic rings. The molecule has 0 unspecified atom stereocenters. The summed E-state index contributed by atoms with van der Waals surface area (Å²) in [6.45, 7) is 2.26. The standard InChI is InChI=1S/C14H21N3O2/c1-16-9-11-4-5-13-12(8-11)17(7-3-2-6-15)14(18)10-19-13/h4-5,8,16H,2-3,6-7,9-10,15H2,1H3. The number of nitrogens with one attached hydrogen (secondary N) is 1. The molecule has 0 saturated heterocycles. The molecule has 5 nitrogen and oxygen atoms in total. The Bertz CT molecular complexity index is 448. The molecule has 0 atom stereocenters. The van der Waals surface area contributed by atoms with Crippen LogP contribution in [0.4, 0.5) is 5.69 Å². The highest BCUT2D eigenvalue weighted by Crippen LogP contribution is 2.33. The molecular weight excluding hydrogens is 242 g/mol. The number of amides is 1. The van der Waals surface area contributed by atoms with E-state index >= 15 is 0 Å². The first kappa shape index (κ1) is 13.8. The summed E-state index contributed by atoms with van der Waals surface area (Å²) in [7, 11) is 1.90. The highest BCUT2D eigenvalue weighted by molar-refractivity contribution is 5.97. The van der Waals surface area contributed by atoms with E-state index in [1.165, 1.54) is 0 Å². The van der Waals surface area contributed by atoms with Gasteiger partial charge in [-0.25, -0.2) is 0 Å². The van der Waals surface area contributed by atoms with Gasteiger partial charge in [-0.15, -0.1) is 0 Å². The lowest BCUT2D eigenvalue weighted by molar-refractivity contribution is -0.121. The molecule has 2 rings (SSSR count). The van der Waals surface area contributed by atoms with Crippen molar-refractivity contribution in [2.24, 2.45) is 5.73 Å². The van der Waals surface area contributed by atoms with E-state index in [4.69, 9.17) is 10.5 Å². The van der Waals surface area contributed by atoms with Crippen molar-refractivity contribution in [2.45, 2.75) is 19.4 Å². The molecular formula is C14H21N3O2. The summed E-state index contributed by atoms with van der Waals surface area (Å²) < 4.78 is 5.47. The second kappa shape index (κ2) is 6.54. The van der Waals surface area contributed by atoms with Gasteiger partial charge in [0.15, 0.2) is 6.61 Å². The molecule has 0 spiro atoms. The molecule has 0 aromatic heterocycles. The van der Waals surface area contributed by atoms with E-state index in [9.17, 15) is 4.79 Å². The molecule has 5 heteroatoms. The second-order valence-corrected chi connectivity index (χ2v) is 4.66. The highest BCUT2D eigenvalue weighted by Gasteiger charge is 2.25. The number of ether oxygens (including phenoxy) is 1. The molecule has 0 radical (unpaired) electrons. The molecule has 0 saturated carbocycles. The molecule has 0 bridgehead atoms. The number of hydrogen-bond acceptors (Lipinski definition) is 4. The number of anilines is 1. The van der Waals surface area contributed by atoms with Crippen LogP contribution in [0.25, 0.3) is 0 Å². The third kappa shape index (κ3) is 3.24. The number of rotatable bonds is 6. The van der Waals surface area contributed by atoms with E-state index in [1.54, 1.807) is 0 Å². The molecule has 19 heavy (non-hydrogen) atoms. The smallest absolute Gasteiger partial charge is 0.265 e. The summed E-state index contributed by atoms with van der Waals surface area (Å²) in [5.74, 6) is 0.804. The summed E-state index contributed by atoms with van der Waals surface area (Å²) >= 11 is 0. The van der Waals surface area contributed by atoms with Crippen molar-refractivity contribution in [3.8, 4) is 5.75 Å². The first-order valence-corrected chi connectivity index (χ1v) is 6.67. The topological polar surface area (TPSA) is 67.6 Å². The Balaban J connectivity index is 2.20. The predicted molar refractivity (Wildman–Crippen MR) is 75.3 cm³/mol. The van der Waals surface area contributed by atoms with Gasteiger partial charge in [0.25, 0.3) is 5.91 Å². The van der Waals surface area contributed by atoms with Gasteiger partial charge in [0.1, 0.15) is 5.75 Å². The molecule has 1 aromatic carbocycles. The van der Waals surface area contributed by atoms with Gasteiger partial charge in [-0.1, -0.05) is 6.07 Å². The van der Waals surface area contributed by atoms with Crippen LogP contribution in [0.15, 0.2) is 18.2 Å². The van der Waals surface area contributed by atoms with Crippen LogP contribution in [0.3, 0.4) is 0 Å². The number of nitrogens with two attached hydrogens (primary N) is 1. The molecule has 1 amide bonds. The first-order chi connectivity index (χ1) is 9.26. The second-order valence-electron chi connectivity index (χ2n) is 4.66. The van der Waals surface area contributed by atoms with Crippen LogP contribution in [-0.2, 0) is 11.3 Å². The van der Waals surface area contributed by atoms with E-state index < -0.39 is 0 Å². The van der Waals surface area contributed by atoms with Crippen LogP contribution < -0.4 is 20.7 Å². The molecule has 0 aliphatic carbocycles. The summed E-state index contributed by atoms with van der Waals surface area (Å²) in [5, 5.41) is 3.11. The van der Waals surface area contributed by atoms with Crippen LogP contribution >= 0.6 is 0 Å². The molecule has 3 N–H and O–H groups in total. The van der Waals surface area contributed by atoms with E-state index in [0.717, 1.165) is 36.4 Å². The lowest BCUT2D eigenvalue weighted by Crippen LogP contribution is -2.39. The van der Waals surface area contributed by atoms with Gasteiger partial charge in [0.2, 0.25) is 0 Å². The summed E-state index contributed by atoms with van der Waals surface area (Å²) in [4.78, 5) is 13.8. The third-order valence-corrected chi connectivity index (χ3v) is 3.18. The van der Waals surface area contributed by atoms with Gasteiger partial charge in [-0.05, 0) is 44.1 Å². The lowest BCUT2D eigenvalue weighted by atomic mass is 10.1. The average Bonchev–Trinajstić information content (AvgIpc) is 2.42. The van der Waals surface area contributed by atoms with Gasteiger partial charge >= 0.3 is 0 Å². The maximum absolute atomic E-state index is 12.0. The van der Waals surface area contributed by atoms with E-state index in [1.807, 2.05) is 30.1 Å². The minimum absolute atomic E-state index is 0.0196. The van der Waals surface area contributed by atoms with Crippen LogP contribution in [0.2, 0.25) is 0 Å². The van der Waals surface area contributed by atoms with Crippen LogP contribution in [0.5, 0.6) is 5.75 Å². The largest absolute Gasteiger partial charge is 0.482 e. The number of benzene rings is 1. The zero-order chi connectivity index (χ0) is 13.7. The van der Waals surface area contributed by atoms with Gasteiger partial charge in [-0.3, -0.25) is 4.79 Å². The fourth-order valence-electron chi connectivity index (χ4n) is 2.22. The van der Waals surface area contributed by atoms with Gasteiger partial charge in [0.05, 0.1) is 5.69 Å². The van der Waals surface area contributed by atoms with Crippen LogP contribution in [-0.4, -0.2) is 32.7 Å². The van der Waals surface area contributed by atoms with Crippen molar-refractivity contribution in [1.82, 2.24) is 5.32 Å². The van der Waals surface area contributed by atoms with Crippen LogP contribution in [0, 0.1) is 0 Å². The quantitative estimate of drug-likeness (QED) is 0.747. The number of fused-ring (bicyclic) bond motifs is 1. The third-order valence-electron chi connectivity index (χ3n) is 3.18. The number of nitrogens with zero attached hydrogens (tertiary/aromatic N) is 1. The van der Waals surface area contributed by atoms with E-state index in [2.05, 4.69) is 5.32 Å². The van der Waals surface area contributed by atoms with Crippen molar-refractivity contribution in [3.05, 3.63) is 23.8 Å². The Kier molecular flexibility index (Phi) is 4.76. The molecule has 0 fully saturated rings. The van der Waals surface area contributed by atoms with Crippen molar-refractivity contribution in [1.29, 1.82) is 0 Å². The predicted octanol–water partition coefficient (Wildman–Crippen LogP) is 0.870. The Morgan fingerprint density at radius 2 is 2.26 bits per heavy atom. The fourth-order valence-corrected chi connectivity index (χ4v) is 2.22. The summed E-state index contributed by atoms with van der Waals surface area (Å²) in [6.07, 6.45) is 1.84. The normalized spacial score (nSPS) is 14.2. The van der Waals surface area contributed by atoms with Crippen molar-refractivity contribution in [2.75, 3.05) is 31.6 Å². The Hall–Kier alpha value is -1.59. The maximum atomic E-state index is 12.0. The number of hydrogen-bond donors (Lipinski definition) is 2. The maximum Gasteiger partial charge on any atom is 0.265 e. The van der Waals surface area contributed by atoms with E-state index in [-0.39, 0.29) is 12.5 Å². The van der Waals surface area contributed by atoms with Gasteiger partial charge in [-0.2, -0.15) is 0 Å². The van der Waals surface area contributed by atoms with Crippen molar-refractivity contribution < 1.29 is 9.53 Å². The molecule has 1 aliphatic heterocycles. The molecule has 1 heterocycles. The number of carbonyl (C=O) groups excluding carboxylic acids is 1. The monoisotopic (exact) mass is 263 g/mol. The van der Waals surface area contributed by atoms with Crippen LogP contribution in [0.1, 0.15) is 18.4 Å². The van der Waals surface area contributed by atoms with Gasteiger partial charge in [0, 0.05) is 13.1 Å². The average molecular weight is 263 g/mol. The first-order valence-electron chi connectivity index (χ1n) is 6.67.